The molecular weight excluding hydrogens is 456 g/mol. The number of benzene rings is 2. The van der Waals surface area contributed by atoms with Crippen molar-refractivity contribution in [2.45, 2.75) is 19.9 Å². The van der Waals surface area contributed by atoms with Crippen LogP contribution in [0.1, 0.15) is 54.5 Å². The zero-order valence-corrected chi connectivity index (χ0v) is 20.4. The van der Waals surface area contributed by atoms with Gasteiger partial charge < -0.3 is 24.8 Å². The Morgan fingerprint density at radius 1 is 0.912 bits per heavy atom. The molecule has 0 bridgehead atoms. The quantitative estimate of drug-likeness (QED) is 0.455. The number of hydrogen-bond acceptors (Lipinski definition) is 7. The molecule has 2 N–H and O–H groups in total. The SMILES string of the molecule is COC(=O)c1c(NC(=O)c2ccc(OC)c(OC)c2)sc(C(=O)NC(C)c2ccccc2)c1C. The molecule has 1 heterocycles. The molecule has 0 saturated heterocycles. The number of amides is 2. The molecule has 0 aliphatic carbocycles. The summed E-state index contributed by atoms with van der Waals surface area (Å²) in [6.45, 7) is 3.52. The summed E-state index contributed by atoms with van der Waals surface area (Å²) < 4.78 is 15.4. The van der Waals surface area contributed by atoms with Gasteiger partial charge >= 0.3 is 5.97 Å². The summed E-state index contributed by atoms with van der Waals surface area (Å²) in [4.78, 5) is 38.8. The second-order valence-electron chi connectivity index (χ2n) is 7.38. The maximum absolute atomic E-state index is 13.0. The van der Waals surface area contributed by atoms with Crippen LogP contribution in [0, 0.1) is 6.92 Å². The van der Waals surface area contributed by atoms with Crippen LogP contribution in [0.5, 0.6) is 11.5 Å². The highest BCUT2D eigenvalue weighted by Gasteiger charge is 2.27. The number of hydrogen-bond donors (Lipinski definition) is 2. The van der Waals surface area contributed by atoms with Gasteiger partial charge in [0.15, 0.2) is 11.5 Å². The van der Waals surface area contributed by atoms with Crippen LogP contribution < -0.4 is 20.1 Å². The smallest absolute Gasteiger partial charge is 0.341 e. The van der Waals surface area contributed by atoms with E-state index in [4.69, 9.17) is 14.2 Å². The molecule has 34 heavy (non-hydrogen) atoms. The van der Waals surface area contributed by atoms with Crippen molar-refractivity contribution < 1.29 is 28.6 Å². The van der Waals surface area contributed by atoms with E-state index in [1.807, 2.05) is 37.3 Å². The molecule has 0 spiro atoms. The Labute approximate surface area is 201 Å². The van der Waals surface area contributed by atoms with Gasteiger partial charge in [0.1, 0.15) is 5.00 Å². The number of carbonyl (C=O) groups excluding carboxylic acids is 3. The van der Waals surface area contributed by atoms with Crippen LogP contribution in [-0.2, 0) is 4.74 Å². The van der Waals surface area contributed by atoms with Gasteiger partial charge in [-0.1, -0.05) is 30.3 Å². The minimum absolute atomic E-state index is 0.138. The average Bonchev–Trinajstić information content (AvgIpc) is 3.18. The maximum Gasteiger partial charge on any atom is 0.341 e. The highest BCUT2D eigenvalue weighted by molar-refractivity contribution is 7.18. The Morgan fingerprint density at radius 3 is 2.21 bits per heavy atom. The number of anilines is 1. The zero-order chi connectivity index (χ0) is 24.8. The first kappa shape index (κ1) is 24.8. The second-order valence-corrected chi connectivity index (χ2v) is 8.40. The van der Waals surface area contributed by atoms with Gasteiger partial charge in [0.2, 0.25) is 0 Å². The lowest BCUT2D eigenvalue weighted by Crippen LogP contribution is -2.26. The van der Waals surface area contributed by atoms with Gasteiger partial charge in [-0.2, -0.15) is 0 Å². The van der Waals surface area contributed by atoms with Crippen LogP contribution >= 0.6 is 11.3 Å². The van der Waals surface area contributed by atoms with Crippen molar-refractivity contribution in [3.63, 3.8) is 0 Å². The molecule has 9 heteroatoms. The third-order valence-corrected chi connectivity index (χ3v) is 6.47. The van der Waals surface area contributed by atoms with Gasteiger partial charge in [0.05, 0.1) is 37.8 Å². The summed E-state index contributed by atoms with van der Waals surface area (Å²) in [6, 6.07) is 14.0. The summed E-state index contributed by atoms with van der Waals surface area (Å²) in [7, 11) is 4.22. The fraction of sp³-hybridized carbons (Fsp3) is 0.240. The van der Waals surface area contributed by atoms with Crippen LogP contribution in [0.15, 0.2) is 48.5 Å². The van der Waals surface area contributed by atoms with E-state index in [9.17, 15) is 14.4 Å². The summed E-state index contributed by atoms with van der Waals surface area (Å²) in [5.74, 6) is -0.604. The van der Waals surface area contributed by atoms with Crippen LogP contribution in [0.2, 0.25) is 0 Å². The number of thiophene rings is 1. The maximum atomic E-state index is 13.0. The third kappa shape index (κ3) is 5.20. The largest absolute Gasteiger partial charge is 0.493 e. The first-order valence-corrected chi connectivity index (χ1v) is 11.2. The molecule has 2 aromatic carbocycles. The molecule has 3 rings (SSSR count). The van der Waals surface area contributed by atoms with Crippen molar-refractivity contribution in [3.05, 3.63) is 75.7 Å². The van der Waals surface area contributed by atoms with E-state index >= 15 is 0 Å². The Kier molecular flexibility index (Phi) is 7.91. The molecule has 0 saturated carbocycles. The Hall–Kier alpha value is -3.85. The molecule has 2 amide bonds. The van der Waals surface area contributed by atoms with Crippen molar-refractivity contribution in [3.8, 4) is 11.5 Å². The number of esters is 1. The summed E-state index contributed by atoms with van der Waals surface area (Å²) in [5, 5.41) is 5.90. The Morgan fingerprint density at radius 2 is 1.59 bits per heavy atom. The van der Waals surface area contributed by atoms with Gasteiger partial charge in [-0.05, 0) is 43.2 Å². The van der Waals surface area contributed by atoms with E-state index in [2.05, 4.69) is 10.6 Å². The van der Waals surface area contributed by atoms with Crippen LogP contribution in [0.4, 0.5) is 5.00 Å². The molecular formula is C25H26N2O6S. The number of carbonyl (C=O) groups is 3. The molecule has 178 valence electrons. The number of nitrogens with one attached hydrogen (secondary N) is 2. The highest BCUT2D eigenvalue weighted by Crippen LogP contribution is 2.35. The predicted molar refractivity (Wildman–Crippen MR) is 130 cm³/mol. The molecule has 1 unspecified atom stereocenters. The van der Waals surface area contributed by atoms with Crippen LogP contribution in [0.25, 0.3) is 0 Å². The number of ether oxygens (including phenoxy) is 3. The lowest BCUT2D eigenvalue weighted by atomic mass is 10.1. The molecule has 1 aromatic heterocycles. The van der Waals surface area contributed by atoms with E-state index in [0.29, 0.717) is 27.5 Å². The lowest BCUT2D eigenvalue weighted by Gasteiger charge is -2.14. The van der Waals surface area contributed by atoms with Crippen LogP contribution in [-0.4, -0.2) is 39.1 Å². The van der Waals surface area contributed by atoms with Gasteiger partial charge in [-0.15, -0.1) is 11.3 Å². The molecule has 3 aromatic rings. The molecule has 1 atom stereocenters. The molecule has 0 radical (unpaired) electrons. The topological polar surface area (TPSA) is 103 Å². The zero-order valence-electron chi connectivity index (χ0n) is 19.6. The van der Waals surface area contributed by atoms with Gasteiger partial charge in [0.25, 0.3) is 11.8 Å². The van der Waals surface area contributed by atoms with Crippen LogP contribution in [0.3, 0.4) is 0 Å². The average molecular weight is 483 g/mol. The fourth-order valence-corrected chi connectivity index (χ4v) is 4.50. The van der Waals surface area contributed by atoms with E-state index in [-0.39, 0.29) is 22.5 Å². The number of rotatable bonds is 8. The number of methoxy groups -OCH3 is 3. The third-order valence-electron chi connectivity index (χ3n) is 5.26. The monoisotopic (exact) mass is 482 g/mol. The molecule has 8 nitrogen and oxygen atoms in total. The van der Waals surface area contributed by atoms with E-state index < -0.39 is 11.9 Å². The Balaban J connectivity index is 1.90. The highest BCUT2D eigenvalue weighted by atomic mass is 32.1. The van der Waals surface area contributed by atoms with Crippen molar-refractivity contribution in [2.24, 2.45) is 0 Å². The normalized spacial score (nSPS) is 11.3. The minimum Gasteiger partial charge on any atom is -0.493 e. The van der Waals surface area contributed by atoms with Gasteiger partial charge in [0, 0.05) is 5.56 Å². The van der Waals surface area contributed by atoms with Crippen molar-refractivity contribution in [2.75, 3.05) is 26.6 Å². The predicted octanol–water partition coefficient (Wildman–Crippen LogP) is 4.60. The first-order valence-electron chi connectivity index (χ1n) is 10.4. The second kappa shape index (κ2) is 10.8. The molecule has 0 fully saturated rings. The van der Waals surface area contributed by atoms with Gasteiger partial charge in [-0.3, -0.25) is 9.59 Å². The lowest BCUT2D eigenvalue weighted by molar-refractivity contribution is 0.0601. The molecule has 0 aliphatic heterocycles. The van der Waals surface area contributed by atoms with E-state index in [0.717, 1.165) is 16.9 Å². The fourth-order valence-electron chi connectivity index (χ4n) is 3.41. The van der Waals surface area contributed by atoms with Crippen molar-refractivity contribution in [1.29, 1.82) is 0 Å². The summed E-state index contributed by atoms with van der Waals surface area (Å²) >= 11 is 1.01. The molecule has 0 aliphatic rings. The van der Waals surface area contributed by atoms with Crippen molar-refractivity contribution >= 4 is 34.1 Å². The summed E-state index contributed by atoms with van der Waals surface area (Å²) in [5.41, 5.74) is 1.81. The van der Waals surface area contributed by atoms with E-state index in [1.54, 1.807) is 19.1 Å². The minimum atomic E-state index is -0.647. The first-order chi connectivity index (χ1) is 16.3. The standard InChI is InChI=1S/C25H26N2O6S/c1-14-20(25(30)33-5)24(27-22(28)17-11-12-18(31-3)19(13-17)32-4)34-21(14)23(29)26-15(2)16-9-7-6-8-10-16/h6-13,15H,1-5H3,(H,26,29)(H,27,28). The summed E-state index contributed by atoms with van der Waals surface area (Å²) in [6.07, 6.45) is 0. The van der Waals surface area contributed by atoms with E-state index in [1.165, 1.54) is 27.4 Å². The van der Waals surface area contributed by atoms with Crippen molar-refractivity contribution in [1.82, 2.24) is 5.32 Å². The van der Waals surface area contributed by atoms with Gasteiger partial charge in [-0.25, -0.2) is 4.79 Å². The Bertz CT molecular complexity index is 1210.